The number of rotatable bonds is 7. The highest BCUT2D eigenvalue weighted by Gasteiger charge is 2.13. The van der Waals surface area contributed by atoms with E-state index in [1.807, 2.05) is 0 Å². The van der Waals surface area contributed by atoms with Gasteiger partial charge in [-0.1, -0.05) is 6.92 Å². The van der Waals surface area contributed by atoms with Crippen LogP contribution in [0.1, 0.15) is 24.7 Å². The summed E-state index contributed by atoms with van der Waals surface area (Å²) in [4.78, 5) is 4.68. The van der Waals surface area contributed by atoms with E-state index < -0.39 is 0 Å². The van der Waals surface area contributed by atoms with E-state index in [1.54, 1.807) is 18.4 Å². The van der Waals surface area contributed by atoms with Crippen LogP contribution >= 0.6 is 11.3 Å². The summed E-state index contributed by atoms with van der Waals surface area (Å²) in [6.07, 6.45) is 1.11. The predicted octanol–water partition coefficient (Wildman–Crippen LogP) is 3.70. The fourth-order valence-corrected chi connectivity index (χ4v) is 3.04. The largest absolute Gasteiger partial charge is 0.383 e. The third kappa shape index (κ3) is 3.22. The van der Waals surface area contributed by atoms with E-state index in [0.717, 1.165) is 36.9 Å². The summed E-state index contributed by atoms with van der Waals surface area (Å²) in [6, 6.07) is 2.21. The lowest BCUT2D eigenvalue weighted by molar-refractivity contribution is 0.186. The fraction of sp³-hybridized carbons (Fsp3) is 0.533. The van der Waals surface area contributed by atoms with Crippen LogP contribution in [-0.4, -0.2) is 29.8 Å². The fourth-order valence-electron chi connectivity index (χ4n) is 2.30. The Morgan fingerprint density at radius 3 is 2.90 bits per heavy atom. The number of hydrogen-bond acceptors (Lipinski definition) is 4. The lowest BCUT2D eigenvalue weighted by Crippen LogP contribution is -2.07. The second kappa shape index (κ2) is 6.90. The Morgan fingerprint density at radius 2 is 2.20 bits per heavy atom. The maximum Gasteiger partial charge on any atom is 0.183 e. The first kappa shape index (κ1) is 15.1. The number of thiazole rings is 1. The Labute approximate surface area is 124 Å². The van der Waals surface area contributed by atoms with Gasteiger partial charge in [0.2, 0.25) is 0 Å². The second-order valence-corrected chi connectivity index (χ2v) is 5.75. The van der Waals surface area contributed by atoms with Gasteiger partial charge in [-0.15, -0.1) is 11.3 Å². The Morgan fingerprint density at radius 1 is 1.40 bits per heavy atom. The van der Waals surface area contributed by atoms with E-state index in [9.17, 15) is 0 Å². The van der Waals surface area contributed by atoms with Crippen molar-refractivity contribution in [3.63, 3.8) is 0 Å². The van der Waals surface area contributed by atoms with Gasteiger partial charge in [-0.2, -0.15) is 0 Å². The molecule has 0 amide bonds. The van der Waals surface area contributed by atoms with Crippen LogP contribution in [0.2, 0.25) is 0 Å². The molecule has 110 valence electrons. The van der Waals surface area contributed by atoms with Crippen molar-refractivity contribution in [1.82, 2.24) is 9.55 Å². The topological polar surface area (TPSA) is 39.1 Å². The number of ether oxygens (including phenoxy) is 1. The molecule has 2 rings (SSSR count). The number of aromatic nitrogens is 2. The van der Waals surface area contributed by atoms with Crippen LogP contribution in [0, 0.1) is 13.8 Å². The molecule has 2 heterocycles. The molecule has 5 heteroatoms. The average molecular weight is 293 g/mol. The molecule has 0 aliphatic rings. The summed E-state index contributed by atoms with van der Waals surface area (Å²) in [7, 11) is 1.74. The molecule has 0 fully saturated rings. The molecule has 2 aromatic heterocycles. The van der Waals surface area contributed by atoms with Gasteiger partial charge in [0.15, 0.2) is 5.13 Å². The van der Waals surface area contributed by atoms with Crippen LogP contribution in [-0.2, 0) is 11.3 Å². The maximum absolute atomic E-state index is 5.17. The number of nitrogens with one attached hydrogen (secondary N) is 1. The molecule has 0 atom stereocenters. The van der Waals surface area contributed by atoms with E-state index in [-0.39, 0.29) is 0 Å². The number of anilines is 1. The zero-order valence-corrected chi connectivity index (χ0v) is 13.5. The number of nitrogens with zero attached hydrogens (tertiary/aromatic N) is 2. The summed E-state index contributed by atoms with van der Waals surface area (Å²) in [5.74, 6) is 0. The molecule has 4 nitrogen and oxygen atoms in total. The van der Waals surface area contributed by atoms with Gasteiger partial charge in [0.25, 0.3) is 0 Å². The predicted molar refractivity (Wildman–Crippen MR) is 85.7 cm³/mol. The van der Waals surface area contributed by atoms with Gasteiger partial charge in [0, 0.05) is 42.5 Å². The van der Waals surface area contributed by atoms with Gasteiger partial charge in [-0.05, 0) is 26.3 Å². The Balaban J connectivity index is 2.22. The standard InChI is InChI=1S/C15H23N3OS/c1-5-6-16-15-17-14(10-20-15)13-9-11(2)18(12(13)3)7-8-19-4/h9-10H,5-8H2,1-4H3,(H,16,17). The Bertz CT molecular complexity index is 559. The first-order valence-corrected chi connectivity index (χ1v) is 7.90. The Hall–Kier alpha value is -1.33. The summed E-state index contributed by atoms with van der Waals surface area (Å²) in [5, 5.41) is 6.47. The zero-order chi connectivity index (χ0) is 14.5. The minimum Gasteiger partial charge on any atom is -0.383 e. The van der Waals surface area contributed by atoms with Crippen LogP contribution in [0.15, 0.2) is 11.4 Å². The first-order valence-electron chi connectivity index (χ1n) is 7.02. The molecular formula is C15H23N3OS. The van der Waals surface area contributed by atoms with E-state index >= 15 is 0 Å². The molecular weight excluding hydrogens is 270 g/mol. The third-order valence-electron chi connectivity index (χ3n) is 3.40. The van der Waals surface area contributed by atoms with E-state index in [0.29, 0.717) is 0 Å². The van der Waals surface area contributed by atoms with Gasteiger partial charge in [0.1, 0.15) is 0 Å². The van der Waals surface area contributed by atoms with Crippen LogP contribution in [0.5, 0.6) is 0 Å². The SMILES string of the molecule is CCCNc1nc(-c2cc(C)n(CCOC)c2C)cs1. The van der Waals surface area contributed by atoms with E-state index in [2.05, 4.69) is 47.1 Å². The normalized spacial score (nSPS) is 11.0. The molecule has 0 aliphatic carbocycles. The second-order valence-electron chi connectivity index (χ2n) is 4.89. The molecule has 0 spiro atoms. The van der Waals surface area contributed by atoms with E-state index in [4.69, 9.17) is 4.74 Å². The van der Waals surface area contributed by atoms with Crippen molar-refractivity contribution in [3.05, 3.63) is 22.8 Å². The van der Waals surface area contributed by atoms with Crippen molar-refractivity contribution in [2.45, 2.75) is 33.7 Å². The van der Waals surface area contributed by atoms with Crippen LogP contribution < -0.4 is 5.32 Å². The van der Waals surface area contributed by atoms with Crippen molar-refractivity contribution < 1.29 is 4.74 Å². The molecule has 20 heavy (non-hydrogen) atoms. The molecule has 0 radical (unpaired) electrons. The van der Waals surface area contributed by atoms with Crippen molar-refractivity contribution in [1.29, 1.82) is 0 Å². The lowest BCUT2D eigenvalue weighted by atomic mass is 10.2. The van der Waals surface area contributed by atoms with Gasteiger partial charge in [-0.25, -0.2) is 4.98 Å². The highest BCUT2D eigenvalue weighted by atomic mass is 32.1. The molecule has 0 bridgehead atoms. The lowest BCUT2D eigenvalue weighted by Gasteiger charge is -2.08. The summed E-state index contributed by atoms with van der Waals surface area (Å²) in [6.45, 7) is 9.03. The smallest absolute Gasteiger partial charge is 0.183 e. The van der Waals surface area contributed by atoms with E-state index in [1.165, 1.54) is 17.0 Å². The van der Waals surface area contributed by atoms with Crippen molar-refractivity contribution in [3.8, 4) is 11.3 Å². The van der Waals surface area contributed by atoms with Crippen molar-refractivity contribution >= 4 is 16.5 Å². The number of aryl methyl sites for hydroxylation is 1. The molecule has 0 aromatic carbocycles. The molecule has 1 N–H and O–H groups in total. The molecule has 0 aliphatic heterocycles. The summed E-state index contributed by atoms with van der Waals surface area (Å²) >= 11 is 1.67. The minimum atomic E-state index is 0.732. The molecule has 2 aromatic rings. The maximum atomic E-state index is 5.17. The van der Waals surface area contributed by atoms with Gasteiger partial charge < -0.3 is 14.6 Å². The Kier molecular flexibility index (Phi) is 5.20. The molecule has 0 saturated heterocycles. The van der Waals surface area contributed by atoms with Crippen LogP contribution in [0.3, 0.4) is 0 Å². The molecule has 0 saturated carbocycles. The van der Waals surface area contributed by atoms with Crippen LogP contribution in [0.4, 0.5) is 5.13 Å². The van der Waals surface area contributed by atoms with Gasteiger partial charge in [-0.3, -0.25) is 0 Å². The minimum absolute atomic E-state index is 0.732. The zero-order valence-electron chi connectivity index (χ0n) is 12.7. The third-order valence-corrected chi connectivity index (χ3v) is 4.20. The van der Waals surface area contributed by atoms with Crippen molar-refractivity contribution in [2.24, 2.45) is 0 Å². The monoisotopic (exact) mass is 293 g/mol. The summed E-state index contributed by atoms with van der Waals surface area (Å²) in [5.41, 5.74) is 4.79. The molecule has 0 unspecified atom stereocenters. The highest BCUT2D eigenvalue weighted by molar-refractivity contribution is 7.14. The average Bonchev–Trinajstić information content (AvgIpc) is 3.00. The number of hydrogen-bond donors (Lipinski definition) is 1. The number of methoxy groups -OCH3 is 1. The first-order chi connectivity index (χ1) is 9.67. The van der Waals surface area contributed by atoms with Crippen LogP contribution in [0.25, 0.3) is 11.3 Å². The highest BCUT2D eigenvalue weighted by Crippen LogP contribution is 2.29. The van der Waals surface area contributed by atoms with Crippen molar-refractivity contribution in [2.75, 3.05) is 25.6 Å². The summed E-state index contributed by atoms with van der Waals surface area (Å²) < 4.78 is 7.46. The quantitative estimate of drug-likeness (QED) is 0.846. The van der Waals surface area contributed by atoms with Gasteiger partial charge in [0.05, 0.1) is 12.3 Å². The van der Waals surface area contributed by atoms with Gasteiger partial charge >= 0.3 is 0 Å².